The van der Waals surface area contributed by atoms with E-state index in [0.29, 0.717) is 0 Å². The van der Waals surface area contributed by atoms with Crippen molar-refractivity contribution in [3.63, 3.8) is 0 Å². The molecule has 9 aromatic rings. The first-order valence-electron chi connectivity index (χ1n) is 22.6. The van der Waals surface area contributed by atoms with Crippen molar-refractivity contribution in [2.24, 2.45) is 0 Å². The van der Waals surface area contributed by atoms with Crippen LogP contribution in [0.3, 0.4) is 0 Å². The van der Waals surface area contributed by atoms with E-state index in [4.69, 9.17) is 0 Å². The summed E-state index contributed by atoms with van der Waals surface area (Å²) in [6.45, 7) is 14.4. The lowest BCUT2D eigenvalue weighted by atomic mass is 9.72. The number of nitrogens with zero attached hydrogens (tertiary/aromatic N) is 2. The van der Waals surface area contributed by atoms with Crippen LogP contribution in [-0.2, 0) is 10.8 Å². The molecule has 9 aromatic carbocycles. The minimum atomic E-state index is -0.247. The van der Waals surface area contributed by atoms with E-state index < -0.39 is 0 Å². The number of hydrogen-bond acceptors (Lipinski definition) is 2. The molecule has 0 heterocycles. The fraction of sp³-hybridized carbons (Fsp3) is 0.129. The number of anilines is 6. The Morgan fingerprint density at radius 2 is 0.594 bits per heavy atom. The van der Waals surface area contributed by atoms with E-state index in [1.54, 1.807) is 0 Å². The Morgan fingerprint density at radius 1 is 0.297 bits per heavy atom. The standard InChI is InChI=1S/C62H52N2/c1-41-37-51(63(47-23-15-9-16-24-47)49-31-27-45(28-32-49)43-19-11-7-12-20-43)39-55-57(41)53-35-36-54-58-42(2)38-52(40-56(58)62(5,6)60(54)59(53)61(55,3)4)64(48-25-17-10-18-26-48)50-33-29-46(30-34-50)44-21-13-8-14-22-44/h7-40H,1-6H3. The third-order valence-electron chi connectivity index (χ3n) is 14.0. The molecular formula is C62H52N2. The summed E-state index contributed by atoms with van der Waals surface area (Å²) < 4.78 is 0. The van der Waals surface area contributed by atoms with Crippen molar-refractivity contribution in [1.82, 2.24) is 0 Å². The van der Waals surface area contributed by atoms with E-state index >= 15 is 0 Å². The number of para-hydroxylation sites is 2. The molecule has 2 heteroatoms. The molecule has 0 radical (unpaired) electrons. The van der Waals surface area contributed by atoms with E-state index in [9.17, 15) is 0 Å². The van der Waals surface area contributed by atoms with Crippen LogP contribution in [0.4, 0.5) is 34.1 Å². The SMILES string of the molecule is Cc1cc(N(c2ccccc2)c2ccc(-c3ccccc3)cc2)cc2c1-c1ccc3c(c1C2(C)C)C(C)(C)c1cc(N(c2ccccc2)c2ccc(-c4ccccc4)cc2)cc(C)c1-3. The molecular weight excluding hydrogens is 773 g/mol. The lowest BCUT2D eigenvalue weighted by Crippen LogP contribution is -2.24. The monoisotopic (exact) mass is 824 g/mol. The maximum absolute atomic E-state index is 2.48. The van der Waals surface area contributed by atoms with Gasteiger partial charge in [-0.2, -0.15) is 0 Å². The highest BCUT2D eigenvalue weighted by molar-refractivity contribution is 5.96. The maximum atomic E-state index is 2.48. The first kappa shape index (κ1) is 39.4. The highest BCUT2D eigenvalue weighted by Crippen LogP contribution is 2.61. The third kappa shape index (κ3) is 6.31. The lowest BCUT2D eigenvalue weighted by Gasteiger charge is -2.32. The Balaban J connectivity index is 1.01. The van der Waals surface area contributed by atoms with Gasteiger partial charge < -0.3 is 9.80 Å². The van der Waals surface area contributed by atoms with Gasteiger partial charge in [-0.05, 0) is 165 Å². The summed E-state index contributed by atoms with van der Waals surface area (Å²) in [7, 11) is 0. The summed E-state index contributed by atoms with van der Waals surface area (Å²) in [4.78, 5) is 4.84. The Morgan fingerprint density at radius 3 is 0.938 bits per heavy atom. The lowest BCUT2D eigenvalue weighted by molar-refractivity contribution is 0.601. The first-order valence-corrected chi connectivity index (χ1v) is 22.6. The van der Waals surface area contributed by atoms with Crippen LogP contribution in [-0.4, -0.2) is 0 Å². The molecule has 2 aliphatic rings. The van der Waals surface area contributed by atoms with Gasteiger partial charge in [-0.1, -0.05) is 161 Å². The van der Waals surface area contributed by atoms with E-state index in [1.165, 1.54) is 89.3 Å². The van der Waals surface area contributed by atoms with Crippen molar-refractivity contribution < 1.29 is 0 Å². The van der Waals surface area contributed by atoms with Crippen molar-refractivity contribution in [3.05, 3.63) is 240 Å². The molecule has 0 saturated carbocycles. The summed E-state index contributed by atoms with van der Waals surface area (Å²) in [5, 5.41) is 0. The Labute approximate surface area is 378 Å². The van der Waals surface area contributed by atoms with Gasteiger partial charge in [-0.3, -0.25) is 0 Å². The molecule has 0 N–H and O–H groups in total. The van der Waals surface area contributed by atoms with Crippen LogP contribution in [0.1, 0.15) is 61.1 Å². The predicted octanol–water partition coefficient (Wildman–Crippen LogP) is 17.2. The number of rotatable bonds is 8. The largest absolute Gasteiger partial charge is 0.310 e. The van der Waals surface area contributed by atoms with Gasteiger partial charge in [0.2, 0.25) is 0 Å². The second-order valence-electron chi connectivity index (χ2n) is 18.7. The number of hydrogen-bond donors (Lipinski definition) is 0. The molecule has 0 bridgehead atoms. The molecule has 2 aliphatic carbocycles. The fourth-order valence-corrected chi connectivity index (χ4v) is 11.0. The minimum Gasteiger partial charge on any atom is -0.310 e. The van der Waals surface area contributed by atoms with Crippen LogP contribution in [0.2, 0.25) is 0 Å². The summed E-state index contributed by atoms with van der Waals surface area (Å²) in [6, 6.07) is 75.5. The van der Waals surface area contributed by atoms with Crippen LogP contribution in [0.5, 0.6) is 0 Å². The molecule has 0 amide bonds. The van der Waals surface area contributed by atoms with Crippen LogP contribution >= 0.6 is 0 Å². The van der Waals surface area contributed by atoms with Gasteiger partial charge >= 0.3 is 0 Å². The fourth-order valence-electron chi connectivity index (χ4n) is 11.0. The quantitative estimate of drug-likeness (QED) is 0.151. The van der Waals surface area contributed by atoms with Gasteiger partial charge in [0.1, 0.15) is 0 Å². The van der Waals surface area contributed by atoms with Crippen molar-refractivity contribution in [1.29, 1.82) is 0 Å². The molecule has 0 saturated heterocycles. The third-order valence-corrected chi connectivity index (χ3v) is 14.0. The molecule has 64 heavy (non-hydrogen) atoms. The van der Waals surface area contributed by atoms with Gasteiger partial charge in [0, 0.05) is 45.0 Å². The van der Waals surface area contributed by atoms with Gasteiger partial charge in [-0.15, -0.1) is 0 Å². The van der Waals surface area contributed by atoms with Crippen molar-refractivity contribution in [2.45, 2.75) is 52.4 Å². The summed E-state index contributed by atoms with van der Waals surface area (Å²) in [5.41, 5.74) is 25.0. The number of fused-ring (bicyclic) bond motifs is 7. The van der Waals surface area contributed by atoms with Crippen molar-refractivity contribution in [3.8, 4) is 44.5 Å². The van der Waals surface area contributed by atoms with Crippen LogP contribution < -0.4 is 9.80 Å². The molecule has 0 fully saturated rings. The highest BCUT2D eigenvalue weighted by atomic mass is 15.1. The van der Waals surface area contributed by atoms with Crippen molar-refractivity contribution >= 4 is 34.1 Å². The molecule has 0 aliphatic heterocycles. The second-order valence-corrected chi connectivity index (χ2v) is 18.7. The van der Waals surface area contributed by atoms with E-state index in [1.807, 2.05) is 0 Å². The Bertz CT molecular complexity index is 2960. The number of benzene rings is 9. The number of aryl methyl sites for hydroxylation is 2. The summed E-state index contributed by atoms with van der Waals surface area (Å²) >= 11 is 0. The second kappa shape index (κ2) is 15.1. The van der Waals surface area contributed by atoms with Crippen LogP contribution in [0.25, 0.3) is 44.5 Å². The Hall–Kier alpha value is -7.42. The normalized spacial score (nSPS) is 13.7. The smallest absolute Gasteiger partial charge is 0.0467 e. The molecule has 0 aromatic heterocycles. The van der Waals surface area contributed by atoms with Crippen molar-refractivity contribution in [2.75, 3.05) is 9.80 Å². The predicted molar refractivity (Wildman–Crippen MR) is 271 cm³/mol. The van der Waals surface area contributed by atoms with E-state index in [0.717, 1.165) is 22.7 Å². The molecule has 0 spiro atoms. The molecule has 310 valence electrons. The van der Waals surface area contributed by atoms with Crippen LogP contribution in [0.15, 0.2) is 206 Å². The Kier molecular flexibility index (Phi) is 9.33. The maximum Gasteiger partial charge on any atom is 0.0467 e. The van der Waals surface area contributed by atoms with Gasteiger partial charge in [-0.25, -0.2) is 0 Å². The van der Waals surface area contributed by atoms with Gasteiger partial charge in [0.25, 0.3) is 0 Å². The van der Waals surface area contributed by atoms with E-state index in [2.05, 4.69) is 258 Å². The zero-order valence-corrected chi connectivity index (χ0v) is 37.5. The zero-order valence-electron chi connectivity index (χ0n) is 37.5. The highest BCUT2D eigenvalue weighted by Gasteiger charge is 2.47. The molecule has 11 rings (SSSR count). The molecule has 0 unspecified atom stereocenters. The topological polar surface area (TPSA) is 6.48 Å². The van der Waals surface area contributed by atoms with Gasteiger partial charge in [0.15, 0.2) is 0 Å². The minimum absolute atomic E-state index is 0.247. The average Bonchev–Trinajstić information content (AvgIpc) is 3.70. The molecule has 2 nitrogen and oxygen atoms in total. The van der Waals surface area contributed by atoms with Gasteiger partial charge in [0.05, 0.1) is 0 Å². The van der Waals surface area contributed by atoms with E-state index in [-0.39, 0.29) is 10.8 Å². The van der Waals surface area contributed by atoms with Crippen LogP contribution in [0, 0.1) is 13.8 Å². The first-order chi connectivity index (χ1) is 31.1. The average molecular weight is 825 g/mol. The zero-order chi connectivity index (χ0) is 43.7. The molecule has 0 atom stereocenters. The summed E-state index contributed by atoms with van der Waals surface area (Å²) in [5.74, 6) is 0. The summed E-state index contributed by atoms with van der Waals surface area (Å²) in [6.07, 6.45) is 0.